The summed E-state index contributed by atoms with van der Waals surface area (Å²) < 4.78 is 0. The van der Waals surface area contributed by atoms with Gasteiger partial charge in [-0.25, -0.2) is 4.98 Å². The van der Waals surface area contributed by atoms with Crippen molar-refractivity contribution in [3.05, 3.63) is 22.2 Å². The predicted octanol–water partition coefficient (Wildman–Crippen LogP) is 0.389. The standard InChI is InChI=1S/C9H14N4O3/c1-6(5-14)12(2)9-7(13(15)16)3-4-8(10)11-9/h3-4,6,14H,5H2,1-2H3,(H2,10,11). The smallest absolute Gasteiger partial charge is 0.311 e. The van der Waals surface area contributed by atoms with Crippen molar-refractivity contribution < 1.29 is 10.0 Å². The Bertz CT molecular complexity index is 396. The highest BCUT2D eigenvalue weighted by Gasteiger charge is 2.21. The second-order valence-corrected chi connectivity index (χ2v) is 3.48. The van der Waals surface area contributed by atoms with Crippen LogP contribution in [0.25, 0.3) is 0 Å². The van der Waals surface area contributed by atoms with Crippen LogP contribution in [-0.2, 0) is 0 Å². The lowest BCUT2D eigenvalue weighted by atomic mass is 10.3. The van der Waals surface area contributed by atoms with Gasteiger partial charge in [-0.15, -0.1) is 0 Å². The van der Waals surface area contributed by atoms with Crippen LogP contribution >= 0.6 is 0 Å². The van der Waals surface area contributed by atoms with Gasteiger partial charge in [0.1, 0.15) is 5.82 Å². The van der Waals surface area contributed by atoms with Crippen LogP contribution in [0.5, 0.6) is 0 Å². The zero-order valence-electron chi connectivity index (χ0n) is 9.12. The fourth-order valence-electron chi connectivity index (χ4n) is 1.19. The topological polar surface area (TPSA) is 106 Å². The van der Waals surface area contributed by atoms with Gasteiger partial charge < -0.3 is 15.7 Å². The monoisotopic (exact) mass is 226 g/mol. The highest BCUT2D eigenvalue weighted by atomic mass is 16.6. The van der Waals surface area contributed by atoms with Gasteiger partial charge in [0.25, 0.3) is 0 Å². The molecule has 0 fully saturated rings. The minimum atomic E-state index is -0.525. The molecule has 7 heteroatoms. The van der Waals surface area contributed by atoms with Gasteiger partial charge in [-0.1, -0.05) is 0 Å². The van der Waals surface area contributed by atoms with Crippen LogP contribution in [0.3, 0.4) is 0 Å². The van der Waals surface area contributed by atoms with Gasteiger partial charge >= 0.3 is 5.69 Å². The van der Waals surface area contributed by atoms with Crippen molar-refractivity contribution in [2.75, 3.05) is 24.3 Å². The first-order valence-corrected chi connectivity index (χ1v) is 4.72. The van der Waals surface area contributed by atoms with E-state index in [-0.39, 0.29) is 30.0 Å². The molecule has 7 nitrogen and oxygen atoms in total. The molecular weight excluding hydrogens is 212 g/mol. The maximum absolute atomic E-state index is 10.8. The molecule has 0 spiro atoms. The lowest BCUT2D eigenvalue weighted by Gasteiger charge is -2.23. The first-order valence-electron chi connectivity index (χ1n) is 4.72. The molecule has 0 saturated heterocycles. The van der Waals surface area contributed by atoms with E-state index in [0.717, 1.165) is 0 Å². The largest absolute Gasteiger partial charge is 0.394 e. The quantitative estimate of drug-likeness (QED) is 0.568. The van der Waals surface area contributed by atoms with Crippen molar-refractivity contribution in [2.24, 2.45) is 0 Å². The number of nitro groups is 1. The number of aliphatic hydroxyl groups excluding tert-OH is 1. The number of nitrogens with two attached hydrogens (primary N) is 1. The summed E-state index contributed by atoms with van der Waals surface area (Å²) in [5.41, 5.74) is 5.36. The van der Waals surface area contributed by atoms with E-state index in [1.165, 1.54) is 17.0 Å². The summed E-state index contributed by atoms with van der Waals surface area (Å²) >= 11 is 0. The summed E-state index contributed by atoms with van der Waals surface area (Å²) in [6.45, 7) is 1.61. The summed E-state index contributed by atoms with van der Waals surface area (Å²) in [4.78, 5) is 15.7. The second-order valence-electron chi connectivity index (χ2n) is 3.48. The van der Waals surface area contributed by atoms with Crippen molar-refractivity contribution in [1.29, 1.82) is 0 Å². The Labute approximate surface area is 92.7 Å². The van der Waals surface area contributed by atoms with Gasteiger partial charge in [-0.2, -0.15) is 0 Å². The first kappa shape index (κ1) is 12.2. The minimum Gasteiger partial charge on any atom is -0.394 e. The van der Waals surface area contributed by atoms with E-state index in [1.807, 2.05) is 0 Å². The summed E-state index contributed by atoms with van der Waals surface area (Å²) in [6.07, 6.45) is 0. The number of rotatable bonds is 4. The molecule has 1 rings (SSSR count). The minimum absolute atomic E-state index is 0.121. The third-order valence-corrected chi connectivity index (χ3v) is 2.33. The lowest BCUT2D eigenvalue weighted by Crippen LogP contribution is -2.33. The van der Waals surface area contributed by atoms with E-state index in [2.05, 4.69) is 4.98 Å². The molecule has 0 amide bonds. The van der Waals surface area contributed by atoms with Crippen molar-refractivity contribution in [2.45, 2.75) is 13.0 Å². The van der Waals surface area contributed by atoms with Gasteiger partial charge in [0.2, 0.25) is 5.82 Å². The van der Waals surface area contributed by atoms with E-state index in [0.29, 0.717) is 0 Å². The maximum Gasteiger partial charge on any atom is 0.311 e. The summed E-state index contributed by atoms with van der Waals surface area (Å²) in [5.74, 6) is 0.365. The van der Waals surface area contributed by atoms with Crippen LogP contribution in [0.2, 0.25) is 0 Å². The molecule has 1 atom stereocenters. The summed E-state index contributed by atoms with van der Waals surface area (Å²) in [7, 11) is 1.62. The molecule has 3 N–H and O–H groups in total. The van der Waals surface area contributed by atoms with Crippen LogP contribution in [0.4, 0.5) is 17.3 Å². The molecule has 16 heavy (non-hydrogen) atoms. The van der Waals surface area contributed by atoms with E-state index in [1.54, 1.807) is 14.0 Å². The van der Waals surface area contributed by atoms with E-state index < -0.39 is 4.92 Å². The van der Waals surface area contributed by atoms with Crippen LogP contribution in [0.1, 0.15) is 6.92 Å². The Hall–Kier alpha value is -1.89. The predicted molar refractivity (Wildman–Crippen MR) is 60.3 cm³/mol. The van der Waals surface area contributed by atoms with Crippen LogP contribution in [0.15, 0.2) is 12.1 Å². The fraction of sp³-hybridized carbons (Fsp3) is 0.444. The van der Waals surface area contributed by atoms with Gasteiger partial charge in [-0.3, -0.25) is 10.1 Å². The number of likely N-dealkylation sites (N-methyl/N-ethyl adjacent to an activating group) is 1. The van der Waals surface area contributed by atoms with Crippen molar-refractivity contribution in [3.63, 3.8) is 0 Å². The highest BCUT2D eigenvalue weighted by Crippen LogP contribution is 2.26. The molecule has 1 aromatic rings. The summed E-state index contributed by atoms with van der Waals surface area (Å²) in [5, 5.41) is 19.8. The molecule has 1 unspecified atom stereocenters. The van der Waals surface area contributed by atoms with E-state index in [4.69, 9.17) is 10.8 Å². The van der Waals surface area contributed by atoms with Crippen LogP contribution < -0.4 is 10.6 Å². The number of aliphatic hydroxyl groups is 1. The molecule has 0 bridgehead atoms. The number of anilines is 2. The van der Waals surface area contributed by atoms with Crippen molar-refractivity contribution in [1.82, 2.24) is 4.98 Å². The summed E-state index contributed by atoms with van der Waals surface area (Å²) in [6, 6.07) is 2.41. The molecule has 0 aliphatic heterocycles. The number of pyridine rings is 1. The number of hydrogen-bond acceptors (Lipinski definition) is 6. The van der Waals surface area contributed by atoms with Crippen molar-refractivity contribution in [3.8, 4) is 0 Å². The van der Waals surface area contributed by atoms with Gasteiger partial charge in [-0.05, 0) is 13.0 Å². The number of nitrogen functional groups attached to an aromatic ring is 1. The van der Waals surface area contributed by atoms with Gasteiger partial charge in [0.15, 0.2) is 0 Å². The Kier molecular flexibility index (Phi) is 3.62. The van der Waals surface area contributed by atoms with Crippen LogP contribution in [-0.4, -0.2) is 34.7 Å². The Balaban J connectivity index is 3.19. The highest BCUT2D eigenvalue weighted by molar-refractivity contribution is 5.61. The molecular formula is C9H14N4O3. The lowest BCUT2D eigenvalue weighted by molar-refractivity contribution is -0.384. The molecule has 0 aromatic carbocycles. The Morgan fingerprint density at radius 1 is 1.69 bits per heavy atom. The average molecular weight is 226 g/mol. The third-order valence-electron chi connectivity index (χ3n) is 2.33. The molecule has 88 valence electrons. The average Bonchev–Trinajstić information content (AvgIpc) is 2.26. The van der Waals surface area contributed by atoms with Crippen LogP contribution in [0, 0.1) is 10.1 Å². The normalized spacial score (nSPS) is 12.2. The number of aromatic nitrogens is 1. The molecule has 1 aromatic heterocycles. The fourth-order valence-corrected chi connectivity index (χ4v) is 1.19. The third kappa shape index (κ3) is 2.37. The SMILES string of the molecule is CC(CO)N(C)c1nc(N)ccc1[N+](=O)[O-]. The Morgan fingerprint density at radius 3 is 2.81 bits per heavy atom. The first-order chi connectivity index (χ1) is 7.47. The molecule has 1 heterocycles. The molecule has 0 radical (unpaired) electrons. The number of hydrogen-bond donors (Lipinski definition) is 2. The Morgan fingerprint density at radius 2 is 2.31 bits per heavy atom. The van der Waals surface area contributed by atoms with E-state index in [9.17, 15) is 10.1 Å². The van der Waals surface area contributed by atoms with Crippen molar-refractivity contribution >= 4 is 17.3 Å². The zero-order valence-corrected chi connectivity index (χ0v) is 9.12. The molecule has 0 aliphatic carbocycles. The van der Waals surface area contributed by atoms with E-state index >= 15 is 0 Å². The zero-order chi connectivity index (χ0) is 12.3. The molecule has 0 saturated carbocycles. The second kappa shape index (κ2) is 4.75. The van der Waals surface area contributed by atoms with Gasteiger partial charge in [0.05, 0.1) is 17.6 Å². The van der Waals surface area contributed by atoms with Gasteiger partial charge in [0, 0.05) is 13.1 Å². The molecule has 0 aliphatic rings. The maximum atomic E-state index is 10.8. The number of nitrogens with zero attached hydrogens (tertiary/aromatic N) is 3.